The molecule has 0 unspecified atom stereocenters. The van der Waals surface area contributed by atoms with Gasteiger partial charge in [0.05, 0.1) is 26.2 Å². The van der Waals surface area contributed by atoms with Crippen molar-refractivity contribution in [3.8, 4) is 0 Å². The molecule has 0 bridgehead atoms. The average molecular weight is 435 g/mol. The zero-order valence-corrected chi connectivity index (χ0v) is 18.9. The van der Waals surface area contributed by atoms with E-state index in [-0.39, 0.29) is 11.8 Å². The molecule has 2 aromatic rings. The summed E-state index contributed by atoms with van der Waals surface area (Å²) in [6.07, 6.45) is 0.976. The molecule has 29 heavy (non-hydrogen) atoms. The van der Waals surface area contributed by atoms with Gasteiger partial charge in [-0.15, -0.1) is 22.7 Å². The van der Waals surface area contributed by atoms with Gasteiger partial charge in [0, 0.05) is 36.9 Å². The van der Waals surface area contributed by atoms with Crippen LogP contribution in [-0.4, -0.2) is 84.8 Å². The maximum Gasteiger partial charge on any atom is 0.236 e. The van der Waals surface area contributed by atoms with Crippen LogP contribution in [0.2, 0.25) is 0 Å². The summed E-state index contributed by atoms with van der Waals surface area (Å²) in [5, 5.41) is 4.08. The Morgan fingerprint density at radius 2 is 1.28 bits per heavy atom. The van der Waals surface area contributed by atoms with Crippen molar-refractivity contribution in [3.63, 3.8) is 0 Å². The van der Waals surface area contributed by atoms with Crippen LogP contribution in [0.5, 0.6) is 0 Å². The van der Waals surface area contributed by atoms with Gasteiger partial charge in [-0.1, -0.05) is 12.1 Å². The lowest BCUT2D eigenvalue weighted by Gasteiger charge is -2.25. The fourth-order valence-corrected chi connectivity index (χ4v) is 4.93. The largest absolute Gasteiger partial charge is 0.340 e. The van der Waals surface area contributed by atoms with Crippen LogP contribution in [0.3, 0.4) is 0 Å². The first-order chi connectivity index (χ1) is 14.0. The minimum atomic E-state index is 0.151. The van der Waals surface area contributed by atoms with Crippen LogP contribution in [0, 0.1) is 0 Å². The van der Waals surface area contributed by atoms with Crippen molar-refractivity contribution in [1.29, 1.82) is 0 Å². The second-order valence-corrected chi connectivity index (χ2v) is 9.63. The smallest absolute Gasteiger partial charge is 0.236 e. The van der Waals surface area contributed by atoms with E-state index in [0.29, 0.717) is 26.2 Å². The predicted octanol–water partition coefficient (Wildman–Crippen LogP) is 2.43. The molecular formula is C21H30N4O2S2. The molecule has 2 aromatic heterocycles. The van der Waals surface area contributed by atoms with E-state index in [0.717, 1.165) is 32.6 Å². The number of nitrogens with zero attached hydrogens (tertiary/aromatic N) is 4. The van der Waals surface area contributed by atoms with E-state index in [1.165, 1.54) is 9.75 Å². The Kier molecular flexibility index (Phi) is 8.23. The highest BCUT2D eigenvalue weighted by molar-refractivity contribution is 7.10. The Hall–Kier alpha value is -1.74. The molecular weight excluding hydrogens is 404 g/mol. The van der Waals surface area contributed by atoms with Gasteiger partial charge in [0.2, 0.25) is 11.8 Å². The highest BCUT2D eigenvalue weighted by atomic mass is 32.1. The molecule has 0 aromatic carbocycles. The summed E-state index contributed by atoms with van der Waals surface area (Å²) in [6.45, 7) is 5.66. The summed E-state index contributed by atoms with van der Waals surface area (Å²) in [5.41, 5.74) is 0. The number of amides is 2. The Balaban J connectivity index is 1.41. The van der Waals surface area contributed by atoms with E-state index in [9.17, 15) is 9.59 Å². The third-order valence-corrected chi connectivity index (χ3v) is 6.92. The Labute approximate surface area is 181 Å². The van der Waals surface area contributed by atoms with Crippen molar-refractivity contribution in [2.24, 2.45) is 0 Å². The molecule has 0 atom stereocenters. The van der Waals surface area contributed by atoms with E-state index >= 15 is 0 Å². The molecule has 0 spiro atoms. The van der Waals surface area contributed by atoms with E-state index in [4.69, 9.17) is 0 Å². The highest BCUT2D eigenvalue weighted by Gasteiger charge is 2.21. The maximum atomic E-state index is 12.6. The summed E-state index contributed by atoms with van der Waals surface area (Å²) in [4.78, 5) is 35.6. The number of hydrogen-bond donors (Lipinski definition) is 0. The molecule has 3 rings (SSSR count). The van der Waals surface area contributed by atoms with Crippen LogP contribution in [-0.2, 0) is 22.7 Å². The number of hydrogen-bond acceptors (Lipinski definition) is 6. The normalized spacial score (nSPS) is 15.8. The minimum absolute atomic E-state index is 0.151. The first-order valence-electron chi connectivity index (χ1n) is 9.98. The van der Waals surface area contributed by atoms with Crippen molar-refractivity contribution in [2.75, 3.05) is 53.4 Å². The zero-order chi connectivity index (χ0) is 20.6. The number of rotatable bonds is 8. The third kappa shape index (κ3) is 6.92. The molecule has 0 saturated carbocycles. The third-order valence-electron chi connectivity index (χ3n) is 5.20. The number of carbonyl (C=O) groups excluding carboxylic acids is 2. The quantitative estimate of drug-likeness (QED) is 0.640. The second-order valence-electron chi connectivity index (χ2n) is 7.56. The summed E-state index contributed by atoms with van der Waals surface area (Å²) in [6, 6.07) is 8.15. The monoisotopic (exact) mass is 434 g/mol. The number of thiophene rings is 2. The van der Waals surface area contributed by atoms with Gasteiger partial charge in [-0.2, -0.15) is 0 Å². The summed E-state index contributed by atoms with van der Waals surface area (Å²) < 4.78 is 0. The second kappa shape index (κ2) is 10.9. The summed E-state index contributed by atoms with van der Waals surface area (Å²) in [7, 11) is 3.74. The number of likely N-dealkylation sites (N-methyl/N-ethyl adjacent to an activating group) is 2. The van der Waals surface area contributed by atoms with Gasteiger partial charge in [0.1, 0.15) is 0 Å². The lowest BCUT2D eigenvalue weighted by Crippen LogP contribution is -2.41. The fraction of sp³-hybridized carbons (Fsp3) is 0.524. The van der Waals surface area contributed by atoms with Gasteiger partial charge < -0.3 is 9.80 Å². The highest BCUT2D eigenvalue weighted by Crippen LogP contribution is 2.13. The van der Waals surface area contributed by atoms with Crippen LogP contribution >= 0.6 is 22.7 Å². The van der Waals surface area contributed by atoms with Gasteiger partial charge in [-0.3, -0.25) is 19.4 Å². The fourth-order valence-electron chi connectivity index (χ4n) is 3.41. The minimum Gasteiger partial charge on any atom is -0.340 e. The van der Waals surface area contributed by atoms with E-state index in [1.54, 1.807) is 32.5 Å². The van der Waals surface area contributed by atoms with Crippen LogP contribution in [0.15, 0.2) is 35.0 Å². The van der Waals surface area contributed by atoms with E-state index in [1.807, 2.05) is 37.0 Å². The van der Waals surface area contributed by atoms with E-state index < -0.39 is 0 Å². The molecule has 6 nitrogen and oxygen atoms in total. The van der Waals surface area contributed by atoms with Gasteiger partial charge >= 0.3 is 0 Å². The number of carbonyl (C=O) groups is 2. The lowest BCUT2D eigenvalue weighted by atomic mass is 10.3. The van der Waals surface area contributed by atoms with Crippen molar-refractivity contribution in [2.45, 2.75) is 19.5 Å². The summed E-state index contributed by atoms with van der Waals surface area (Å²) >= 11 is 3.36. The van der Waals surface area contributed by atoms with Gasteiger partial charge in [0.25, 0.3) is 0 Å². The molecule has 1 fully saturated rings. The standard InChI is InChI=1S/C21H30N4O2S2/c1-22(14-18-6-3-12-28-18)20(26)16-24-8-5-9-25(11-10-24)17-21(27)23(2)15-19-7-4-13-29-19/h3-4,6-7,12-13H,5,8-11,14-17H2,1-2H3. The molecule has 8 heteroatoms. The van der Waals surface area contributed by atoms with Crippen molar-refractivity contribution in [1.82, 2.24) is 19.6 Å². The van der Waals surface area contributed by atoms with Crippen molar-refractivity contribution < 1.29 is 9.59 Å². The molecule has 158 valence electrons. The molecule has 1 saturated heterocycles. The first-order valence-corrected chi connectivity index (χ1v) is 11.7. The van der Waals surface area contributed by atoms with Gasteiger partial charge in [-0.05, 0) is 42.4 Å². The molecule has 1 aliphatic heterocycles. The molecule has 0 radical (unpaired) electrons. The van der Waals surface area contributed by atoms with Crippen molar-refractivity contribution in [3.05, 3.63) is 44.8 Å². The van der Waals surface area contributed by atoms with Gasteiger partial charge in [-0.25, -0.2) is 0 Å². The Morgan fingerprint density at radius 1 is 0.828 bits per heavy atom. The van der Waals surface area contributed by atoms with Crippen LogP contribution in [0.4, 0.5) is 0 Å². The topological polar surface area (TPSA) is 47.1 Å². The van der Waals surface area contributed by atoms with Crippen LogP contribution in [0.1, 0.15) is 16.2 Å². The molecule has 2 amide bonds. The van der Waals surface area contributed by atoms with Crippen LogP contribution in [0.25, 0.3) is 0 Å². The zero-order valence-electron chi connectivity index (χ0n) is 17.2. The van der Waals surface area contributed by atoms with Crippen molar-refractivity contribution >= 4 is 34.5 Å². The Bertz CT molecular complexity index is 700. The average Bonchev–Trinajstić information content (AvgIpc) is 3.35. The molecule has 0 aliphatic carbocycles. The molecule has 3 heterocycles. The molecule has 1 aliphatic rings. The Morgan fingerprint density at radius 3 is 1.66 bits per heavy atom. The lowest BCUT2D eigenvalue weighted by molar-refractivity contribution is -0.132. The molecule has 0 N–H and O–H groups in total. The first kappa shape index (κ1) is 22.0. The van der Waals surface area contributed by atoms with E-state index in [2.05, 4.69) is 21.9 Å². The summed E-state index contributed by atoms with van der Waals surface area (Å²) in [5.74, 6) is 0.303. The predicted molar refractivity (Wildman–Crippen MR) is 119 cm³/mol. The SMILES string of the molecule is CN(Cc1cccs1)C(=O)CN1CCCN(CC(=O)N(C)Cc2cccs2)CC1. The maximum absolute atomic E-state index is 12.6. The van der Waals surface area contributed by atoms with Crippen LogP contribution < -0.4 is 0 Å². The van der Waals surface area contributed by atoms with Gasteiger partial charge in [0.15, 0.2) is 0 Å².